The van der Waals surface area contributed by atoms with Crippen molar-refractivity contribution in [1.29, 1.82) is 0 Å². The van der Waals surface area contributed by atoms with Gasteiger partial charge in [0.15, 0.2) is 21.3 Å². The van der Waals surface area contributed by atoms with Crippen LogP contribution in [0.5, 0.6) is 17.2 Å². The Labute approximate surface area is 181 Å². The lowest BCUT2D eigenvalue weighted by Gasteiger charge is -2.29. The van der Waals surface area contributed by atoms with Gasteiger partial charge in [0, 0.05) is 23.2 Å². The van der Waals surface area contributed by atoms with E-state index in [0.717, 1.165) is 5.56 Å². The molecular weight excluding hydrogens is 430 g/mol. The molecule has 162 valence electrons. The minimum Gasteiger partial charge on any atom is -0.493 e. The summed E-state index contributed by atoms with van der Waals surface area (Å²) in [6.07, 6.45) is 0.388. The fourth-order valence-corrected chi connectivity index (χ4v) is 5.53. The molecule has 1 aliphatic heterocycles. The summed E-state index contributed by atoms with van der Waals surface area (Å²) >= 11 is 6.10. The van der Waals surface area contributed by atoms with E-state index in [0.29, 0.717) is 34.3 Å². The average molecular weight is 454 g/mol. The normalized spacial score (nSPS) is 17.4. The summed E-state index contributed by atoms with van der Waals surface area (Å²) in [6, 6.07) is 9.86. The molecule has 0 bridgehead atoms. The van der Waals surface area contributed by atoms with E-state index in [1.807, 2.05) is 6.07 Å². The Morgan fingerprint density at radius 2 is 1.77 bits per heavy atom. The van der Waals surface area contributed by atoms with Crippen molar-refractivity contribution in [2.45, 2.75) is 19.0 Å². The molecule has 7 nitrogen and oxygen atoms in total. The average Bonchev–Trinajstić information content (AvgIpc) is 3.09. The molecule has 1 heterocycles. The maximum absolute atomic E-state index is 13.5. The number of hydrogen-bond acceptors (Lipinski definition) is 6. The molecule has 1 aliphatic rings. The zero-order chi connectivity index (χ0) is 21.9. The number of nitrogens with zero attached hydrogens (tertiary/aromatic N) is 1. The van der Waals surface area contributed by atoms with Crippen LogP contribution in [0.3, 0.4) is 0 Å². The van der Waals surface area contributed by atoms with Gasteiger partial charge in [0.05, 0.1) is 32.8 Å². The third-order valence-electron chi connectivity index (χ3n) is 5.06. The minimum atomic E-state index is -3.18. The van der Waals surface area contributed by atoms with E-state index in [9.17, 15) is 13.2 Å². The molecule has 0 aromatic heterocycles. The summed E-state index contributed by atoms with van der Waals surface area (Å²) in [5, 5.41) is 0.548. The zero-order valence-corrected chi connectivity index (χ0v) is 18.6. The SMILES string of the molecule is COc1cc(C(=O)N(Cc2cccc(Cl)c2)[C@H]2CCS(=O)(=O)C2)cc(OC)c1OC. The van der Waals surface area contributed by atoms with Crippen molar-refractivity contribution in [2.24, 2.45) is 0 Å². The monoisotopic (exact) mass is 453 g/mol. The fraction of sp³-hybridized carbons (Fsp3) is 0.381. The maximum Gasteiger partial charge on any atom is 0.254 e. The van der Waals surface area contributed by atoms with Gasteiger partial charge >= 0.3 is 0 Å². The molecule has 30 heavy (non-hydrogen) atoms. The molecule has 2 aromatic rings. The Hall–Kier alpha value is -2.45. The number of halogens is 1. The number of methoxy groups -OCH3 is 3. The molecule has 0 radical (unpaired) electrons. The molecule has 0 unspecified atom stereocenters. The zero-order valence-electron chi connectivity index (χ0n) is 17.1. The van der Waals surface area contributed by atoms with Crippen molar-refractivity contribution in [1.82, 2.24) is 4.90 Å². The molecule has 2 aromatic carbocycles. The number of sulfone groups is 1. The van der Waals surface area contributed by atoms with Crippen LogP contribution in [-0.2, 0) is 16.4 Å². The van der Waals surface area contributed by atoms with E-state index in [2.05, 4.69) is 0 Å². The molecule has 9 heteroatoms. The van der Waals surface area contributed by atoms with Gasteiger partial charge in [-0.05, 0) is 36.2 Å². The Morgan fingerprint density at radius 3 is 2.27 bits per heavy atom. The van der Waals surface area contributed by atoms with Gasteiger partial charge in [0.25, 0.3) is 5.91 Å². The minimum absolute atomic E-state index is 0.0618. The van der Waals surface area contributed by atoms with Crippen LogP contribution >= 0.6 is 11.6 Å². The van der Waals surface area contributed by atoms with Gasteiger partial charge in [-0.1, -0.05) is 23.7 Å². The first-order valence-electron chi connectivity index (χ1n) is 9.34. The molecular formula is C21H24ClNO6S. The summed E-state index contributed by atoms with van der Waals surface area (Å²) in [7, 11) is 1.24. The van der Waals surface area contributed by atoms with E-state index in [1.165, 1.54) is 21.3 Å². The van der Waals surface area contributed by atoms with E-state index in [1.54, 1.807) is 35.2 Å². The van der Waals surface area contributed by atoms with Crippen molar-refractivity contribution in [3.8, 4) is 17.2 Å². The number of carbonyl (C=O) groups excluding carboxylic acids is 1. The maximum atomic E-state index is 13.5. The number of benzene rings is 2. The summed E-state index contributed by atoms with van der Waals surface area (Å²) < 4.78 is 40.2. The van der Waals surface area contributed by atoms with Crippen molar-refractivity contribution in [3.05, 3.63) is 52.5 Å². The number of ether oxygens (including phenoxy) is 3. The first kappa shape index (κ1) is 22.2. The van der Waals surface area contributed by atoms with Crippen LogP contribution in [0.15, 0.2) is 36.4 Å². The highest BCUT2D eigenvalue weighted by atomic mass is 35.5. The summed E-state index contributed by atoms with van der Waals surface area (Å²) in [4.78, 5) is 15.1. The lowest BCUT2D eigenvalue weighted by atomic mass is 10.1. The highest BCUT2D eigenvalue weighted by Crippen LogP contribution is 2.39. The third kappa shape index (κ3) is 4.82. The van der Waals surface area contributed by atoms with E-state index in [-0.39, 0.29) is 24.0 Å². The van der Waals surface area contributed by atoms with Gasteiger partial charge in [0.2, 0.25) is 5.75 Å². The van der Waals surface area contributed by atoms with Gasteiger partial charge < -0.3 is 19.1 Å². The summed E-state index contributed by atoms with van der Waals surface area (Å²) in [5.41, 5.74) is 1.13. The summed E-state index contributed by atoms with van der Waals surface area (Å²) in [6.45, 7) is 0.232. The smallest absolute Gasteiger partial charge is 0.254 e. The van der Waals surface area contributed by atoms with Crippen LogP contribution in [-0.4, -0.2) is 58.1 Å². The summed E-state index contributed by atoms with van der Waals surface area (Å²) in [5.74, 6) is 0.748. The fourth-order valence-electron chi connectivity index (χ4n) is 3.59. The number of rotatable bonds is 7. The topological polar surface area (TPSA) is 82.1 Å². The molecule has 1 fully saturated rings. The van der Waals surface area contributed by atoms with Gasteiger partial charge in [-0.3, -0.25) is 4.79 Å². The second-order valence-corrected chi connectivity index (χ2v) is 9.70. The van der Waals surface area contributed by atoms with Crippen molar-refractivity contribution in [3.63, 3.8) is 0 Å². The van der Waals surface area contributed by atoms with Crippen LogP contribution in [0.25, 0.3) is 0 Å². The van der Waals surface area contributed by atoms with Crippen molar-refractivity contribution >= 4 is 27.3 Å². The van der Waals surface area contributed by atoms with Crippen molar-refractivity contribution < 1.29 is 27.4 Å². The molecule has 0 N–H and O–H groups in total. The molecule has 3 rings (SSSR count). The number of carbonyl (C=O) groups is 1. The lowest BCUT2D eigenvalue weighted by Crippen LogP contribution is -2.40. The second kappa shape index (κ2) is 9.14. The third-order valence-corrected chi connectivity index (χ3v) is 7.05. The number of hydrogen-bond donors (Lipinski definition) is 0. The van der Waals surface area contributed by atoms with Crippen LogP contribution in [0.1, 0.15) is 22.3 Å². The second-order valence-electron chi connectivity index (χ2n) is 7.03. The Morgan fingerprint density at radius 1 is 1.10 bits per heavy atom. The molecule has 1 atom stereocenters. The molecule has 0 saturated carbocycles. The van der Waals surface area contributed by atoms with E-state index in [4.69, 9.17) is 25.8 Å². The van der Waals surface area contributed by atoms with Crippen LogP contribution < -0.4 is 14.2 Å². The number of amides is 1. The molecule has 1 saturated heterocycles. The van der Waals surface area contributed by atoms with E-state index < -0.39 is 15.9 Å². The Kier molecular flexibility index (Phi) is 6.77. The van der Waals surface area contributed by atoms with Crippen molar-refractivity contribution in [2.75, 3.05) is 32.8 Å². The van der Waals surface area contributed by atoms with Crippen LogP contribution in [0, 0.1) is 0 Å². The van der Waals surface area contributed by atoms with Gasteiger partial charge in [0.1, 0.15) is 0 Å². The Balaban J connectivity index is 2.01. The van der Waals surface area contributed by atoms with Gasteiger partial charge in [-0.2, -0.15) is 0 Å². The quantitative estimate of drug-likeness (QED) is 0.640. The van der Waals surface area contributed by atoms with Gasteiger partial charge in [-0.25, -0.2) is 8.42 Å². The molecule has 0 spiro atoms. The molecule has 0 aliphatic carbocycles. The molecule has 1 amide bonds. The lowest BCUT2D eigenvalue weighted by molar-refractivity contribution is 0.0680. The first-order chi connectivity index (χ1) is 14.3. The predicted molar refractivity (Wildman–Crippen MR) is 114 cm³/mol. The van der Waals surface area contributed by atoms with Crippen LogP contribution in [0.2, 0.25) is 5.02 Å². The largest absolute Gasteiger partial charge is 0.493 e. The van der Waals surface area contributed by atoms with Crippen LogP contribution in [0.4, 0.5) is 0 Å². The predicted octanol–water partition coefficient (Wildman–Crippen LogP) is 3.20. The standard InChI is InChI=1S/C21H24ClNO6S/c1-27-18-10-15(11-19(28-2)20(18)29-3)21(24)23(17-7-8-30(25,26)13-17)12-14-5-4-6-16(22)9-14/h4-6,9-11,17H,7-8,12-13H2,1-3H3/t17-/m0/s1. The highest BCUT2D eigenvalue weighted by Gasteiger charge is 2.35. The first-order valence-corrected chi connectivity index (χ1v) is 11.5. The Bertz CT molecular complexity index is 1010. The highest BCUT2D eigenvalue weighted by molar-refractivity contribution is 7.91. The van der Waals surface area contributed by atoms with E-state index >= 15 is 0 Å². The van der Waals surface area contributed by atoms with Gasteiger partial charge in [-0.15, -0.1) is 0 Å².